The number of rotatable bonds is 4. The van der Waals surface area contributed by atoms with Crippen molar-refractivity contribution >= 4 is 17.5 Å². The van der Waals surface area contributed by atoms with Crippen LogP contribution in [0, 0.1) is 6.92 Å². The summed E-state index contributed by atoms with van der Waals surface area (Å²) in [6.45, 7) is 4.38. The molecule has 1 aromatic heterocycles. The van der Waals surface area contributed by atoms with Crippen LogP contribution in [0.5, 0.6) is 0 Å². The molecule has 1 aliphatic rings. The zero-order valence-electron chi connectivity index (χ0n) is 14.0. The zero-order valence-corrected chi connectivity index (χ0v) is 14.8. The van der Waals surface area contributed by atoms with Crippen LogP contribution in [0.15, 0.2) is 24.3 Å². The quantitative estimate of drug-likeness (QED) is 0.922. The lowest BCUT2D eigenvalue weighted by molar-refractivity contribution is 0.0778. The monoisotopic (exact) mass is 347 g/mol. The average Bonchev–Trinajstić information content (AvgIpc) is 2.98. The van der Waals surface area contributed by atoms with E-state index < -0.39 is 0 Å². The first-order valence-electron chi connectivity index (χ1n) is 8.18. The Morgan fingerprint density at radius 2 is 2.00 bits per heavy atom. The lowest BCUT2D eigenvalue weighted by atomic mass is 10.1. The third-order valence-corrected chi connectivity index (χ3v) is 4.72. The number of aromatic nitrogens is 3. The Morgan fingerprint density at radius 3 is 2.67 bits per heavy atom. The topological polar surface area (TPSA) is 63.1 Å². The van der Waals surface area contributed by atoms with Gasteiger partial charge in [0.25, 0.3) is 5.91 Å². The number of nitrogens with zero attached hydrogens (tertiary/aromatic N) is 4. The molecule has 0 saturated carbocycles. The third kappa shape index (κ3) is 3.60. The second-order valence-corrected chi connectivity index (χ2v) is 6.67. The van der Waals surface area contributed by atoms with Crippen LogP contribution in [0.1, 0.15) is 40.6 Å². The van der Waals surface area contributed by atoms with Gasteiger partial charge in [0.05, 0.1) is 11.7 Å². The number of nitrogens with one attached hydrogen (secondary N) is 1. The number of hydrogen-bond donors (Lipinski definition) is 1. The molecule has 1 N–H and O–H groups in total. The van der Waals surface area contributed by atoms with Crippen molar-refractivity contribution in [2.24, 2.45) is 0 Å². The van der Waals surface area contributed by atoms with Crippen LogP contribution >= 0.6 is 11.6 Å². The molecule has 0 unspecified atom stereocenters. The summed E-state index contributed by atoms with van der Waals surface area (Å²) in [5.74, 6) is -0.109. The molecular weight excluding hydrogens is 326 g/mol. The van der Waals surface area contributed by atoms with Crippen LogP contribution in [0.25, 0.3) is 0 Å². The van der Waals surface area contributed by atoms with Gasteiger partial charge < -0.3 is 10.2 Å². The average molecular weight is 348 g/mol. The molecule has 0 bridgehead atoms. The van der Waals surface area contributed by atoms with E-state index in [9.17, 15) is 4.79 Å². The summed E-state index contributed by atoms with van der Waals surface area (Å²) in [6, 6.07) is 7.82. The van der Waals surface area contributed by atoms with Gasteiger partial charge in [0.2, 0.25) is 0 Å². The van der Waals surface area contributed by atoms with Gasteiger partial charge in [0.15, 0.2) is 5.69 Å². The van der Waals surface area contributed by atoms with E-state index in [0.717, 1.165) is 37.2 Å². The van der Waals surface area contributed by atoms with Crippen LogP contribution in [-0.4, -0.2) is 45.9 Å². The summed E-state index contributed by atoms with van der Waals surface area (Å²) in [4.78, 5) is 14.4. The number of piperidine rings is 1. The fraction of sp³-hybridized carbons (Fsp3) is 0.471. The number of carbonyl (C=O) groups is 1. The fourth-order valence-electron chi connectivity index (χ4n) is 3.05. The molecule has 24 heavy (non-hydrogen) atoms. The lowest BCUT2D eigenvalue weighted by Gasteiger charge is -2.23. The molecule has 2 aromatic rings. The van der Waals surface area contributed by atoms with Gasteiger partial charge in [-0.25, -0.2) is 4.68 Å². The molecule has 6 nitrogen and oxygen atoms in total. The summed E-state index contributed by atoms with van der Waals surface area (Å²) in [6.07, 6.45) is 2.02. The van der Waals surface area contributed by atoms with E-state index in [4.69, 9.17) is 11.6 Å². The van der Waals surface area contributed by atoms with Gasteiger partial charge in [0, 0.05) is 18.6 Å². The molecule has 3 rings (SSSR count). The minimum Gasteiger partial charge on any atom is -0.336 e. The summed E-state index contributed by atoms with van der Waals surface area (Å²) in [5.41, 5.74) is 2.30. The van der Waals surface area contributed by atoms with Crippen molar-refractivity contribution in [1.82, 2.24) is 25.2 Å². The molecule has 1 saturated heterocycles. The largest absolute Gasteiger partial charge is 0.336 e. The highest BCUT2D eigenvalue weighted by Crippen LogP contribution is 2.21. The molecule has 2 heterocycles. The van der Waals surface area contributed by atoms with Crippen molar-refractivity contribution in [3.8, 4) is 0 Å². The zero-order chi connectivity index (χ0) is 17.1. The first kappa shape index (κ1) is 16.9. The van der Waals surface area contributed by atoms with Crippen LogP contribution in [0.3, 0.4) is 0 Å². The van der Waals surface area contributed by atoms with Crippen molar-refractivity contribution in [3.05, 3.63) is 46.2 Å². The SMILES string of the molecule is Cc1c(C(=O)N(C)Cc2ccc(Cl)cc2)nnn1C1CCNCC1. The molecule has 1 aliphatic heterocycles. The Kier molecular flexibility index (Phi) is 5.16. The van der Waals surface area contributed by atoms with E-state index in [2.05, 4.69) is 15.6 Å². The highest BCUT2D eigenvalue weighted by atomic mass is 35.5. The molecule has 1 aromatic carbocycles. The predicted octanol–water partition coefficient (Wildman–Crippen LogP) is 2.44. The van der Waals surface area contributed by atoms with E-state index in [1.807, 2.05) is 35.9 Å². The van der Waals surface area contributed by atoms with Gasteiger partial charge in [-0.1, -0.05) is 28.9 Å². The number of halogens is 1. The highest BCUT2D eigenvalue weighted by molar-refractivity contribution is 6.30. The maximum absolute atomic E-state index is 12.7. The molecule has 0 aliphatic carbocycles. The molecule has 7 heteroatoms. The first-order valence-corrected chi connectivity index (χ1v) is 8.56. The molecule has 0 spiro atoms. The summed E-state index contributed by atoms with van der Waals surface area (Å²) in [7, 11) is 1.78. The van der Waals surface area contributed by atoms with Crippen molar-refractivity contribution in [2.75, 3.05) is 20.1 Å². The molecule has 128 valence electrons. The highest BCUT2D eigenvalue weighted by Gasteiger charge is 2.24. The van der Waals surface area contributed by atoms with Gasteiger partial charge in [-0.2, -0.15) is 0 Å². The normalized spacial score (nSPS) is 15.5. The van der Waals surface area contributed by atoms with Crippen molar-refractivity contribution < 1.29 is 4.79 Å². The van der Waals surface area contributed by atoms with Crippen LogP contribution in [0.2, 0.25) is 5.02 Å². The second-order valence-electron chi connectivity index (χ2n) is 6.24. The van der Waals surface area contributed by atoms with E-state index in [-0.39, 0.29) is 5.91 Å². The maximum Gasteiger partial charge on any atom is 0.276 e. The van der Waals surface area contributed by atoms with Crippen molar-refractivity contribution in [3.63, 3.8) is 0 Å². The Labute approximate surface area is 146 Å². The lowest BCUT2D eigenvalue weighted by Crippen LogP contribution is -2.30. The standard InChI is InChI=1S/C17H22ClN5O/c1-12-16(20-21-23(12)15-7-9-19-10-8-15)17(24)22(2)11-13-3-5-14(18)6-4-13/h3-6,15,19H,7-11H2,1-2H3. The van der Waals surface area contributed by atoms with Gasteiger partial charge >= 0.3 is 0 Å². The number of carbonyl (C=O) groups excluding carboxylic acids is 1. The third-order valence-electron chi connectivity index (χ3n) is 4.46. The molecule has 0 radical (unpaired) electrons. The van der Waals surface area contributed by atoms with Gasteiger partial charge in [-0.3, -0.25) is 4.79 Å². The smallest absolute Gasteiger partial charge is 0.276 e. The second kappa shape index (κ2) is 7.32. The molecule has 1 amide bonds. The molecule has 0 atom stereocenters. The minimum absolute atomic E-state index is 0.109. The van der Waals surface area contributed by atoms with Crippen molar-refractivity contribution in [2.45, 2.75) is 32.4 Å². The molecular formula is C17H22ClN5O. The van der Waals surface area contributed by atoms with E-state index in [1.165, 1.54) is 0 Å². The fourth-order valence-corrected chi connectivity index (χ4v) is 3.18. The Bertz CT molecular complexity index is 706. The van der Waals surface area contributed by atoms with Crippen LogP contribution in [-0.2, 0) is 6.54 Å². The number of amides is 1. The summed E-state index contributed by atoms with van der Waals surface area (Å²) < 4.78 is 1.91. The van der Waals surface area contributed by atoms with Gasteiger partial charge in [0.1, 0.15) is 0 Å². The predicted molar refractivity (Wildman–Crippen MR) is 93.1 cm³/mol. The first-order chi connectivity index (χ1) is 11.6. The Morgan fingerprint density at radius 1 is 1.33 bits per heavy atom. The van der Waals surface area contributed by atoms with Gasteiger partial charge in [-0.05, 0) is 50.6 Å². The van der Waals surface area contributed by atoms with E-state index in [1.54, 1.807) is 11.9 Å². The Hall–Kier alpha value is -1.92. The Balaban J connectivity index is 1.72. The van der Waals surface area contributed by atoms with Crippen LogP contribution < -0.4 is 5.32 Å². The van der Waals surface area contributed by atoms with Crippen molar-refractivity contribution in [1.29, 1.82) is 0 Å². The van der Waals surface area contributed by atoms with E-state index >= 15 is 0 Å². The summed E-state index contributed by atoms with van der Waals surface area (Å²) in [5, 5.41) is 12.4. The minimum atomic E-state index is -0.109. The van der Waals surface area contributed by atoms with Crippen LogP contribution in [0.4, 0.5) is 0 Å². The number of hydrogen-bond acceptors (Lipinski definition) is 4. The maximum atomic E-state index is 12.7. The van der Waals surface area contributed by atoms with Gasteiger partial charge in [-0.15, -0.1) is 5.10 Å². The summed E-state index contributed by atoms with van der Waals surface area (Å²) >= 11 is 5.90. The molecule has 1 fully saturated rings. The van der Waals surface area contributed by atoms with E-state index in [0.29, 0.717) is 23.3 Å². The number of benzene rings is 1.